The van der Waals surface area contributed by atoms with Crippen LogP contribution in [0.3, 0.4) is 0 Å². The van der Waals surface area contributed by atoms with Gasteiger partial charge in [0, 0.05) is 11.6 Å². The highest BCUT2D eigenvalue weighted by molar-refractivity contribution is 6.39. The predicted octanol–water partition coefficient (Wildman–Crippen LogP) is 5.58. The molecule has 106 valence electrons. The SMILES string of the molecule is CC(Nc1c(Cl)cc(F)cc1Cl)c1ccc(F)cc1F. The van der Waals surface area contributed by atoms with Crippen LogP contribution in [0, 0.1) is 17.5 Å². The van der Waals surface area contributed by atoms with Crippen molar-refractivity contribution in [3.8, 4) is 0 Å². The van der Waals surface area contributed by atoms with Gasteiger partial charge in [-0.1, -0.05) is 29.3 Å². The standard InChI is InChI=1S/C14H10Cl2F3N/c1-7(10-3-2-8(17)6-13(10)19)20-14-11(15)4-9(18)5-12(14)16/h2-7,20H,1H3. The van der Waals surface area contributed by atoms with Crippen molar-refractivity contribution in [3.05, 3.63) is 63.4 Å². The number of benzene rings is 2. The number of hydrogen-bond acceptors (Lipinski definition) is 1. The number of hydrogen-bond donors (Lipinski definition) is 1. The van der Waals surface area contributed by atoms with Crippen LogP contribution in [-0.4, -0.2) is 0 Å². The van der Waals surface area contributed by atoms with Crippen LogP contribution in [0.25, 0.3) is 0 Å². The van der Waals surface area contributed by atoms with E-state index in [0.717, 1.165) is 24.3 Å². The van der Waals surface area contributed by atoms with E-state index in [0.29, 0.717) is 5.69 Å². The van der Waals surface area contributed by atoms with Crippen LogP contribution < -0.4 is 5.32 Å². The minimum absolute atomic E-state index is 0.0874. The average molecular weight is 320 g/mol. The second kappa shape index (κ2) is 5.94. The molecular weight excluding hydrogens is 310 g/mol. The Morgan fingerprint density at radius 1 is 0.950 bits per heavy atom. The lowest BCUT2D eigenvalue weighted by Crippen LogP contribution is -2.09. The first-order valence-electron chi connectivity index (χ1n) is 5.74. The highest BCUT2D eigenvalue weighted by Gasteiger charge is 2.15. The Morgan fingerprint density at radius 3 is 2.10 bits per heavy atom. The van der Waals surface area contributed by atoms with E-state index in [9.17, 15) is 13.2 Å². The van der Waals surface area contributed by atoms with Gasteiger partial charge in [0.2, 0.25) is 0 Å². The molecule has 0 saturated heterocycles. The fraction of sp³-hybridized carbons (Fsp3) is 0.143. The molecule has 0 saturated carbocycles. The molecule has 0 radical (unpaired) electrons. The van der Waals surface area contributed by atoms with Crippen molar-refractivity contribution in [2.24, 2.45) is 0 Å². The molecule has 0 aliphatic carbocycles. The summed E-state index contributed by atoms with van der Waals surface area (Å²) in [5.41, 5.74) is 0.550. The summed E-state index contributed by atoms with van der Waals surface area (Å²) in [6.45, 7) is 1.66. The van der Waals surface area contributed by atoms with Crippen LogP contribution in [0.15, 0.2) is 30.3 Å². The summed E-state index contributed by atoms with van der Waals surface area (Å²) in [5.74, 6) is -1.90. The fourth-order valence-electron chi connectivity index (χ4n) is 1.83. The van der Waals surface area contributed by atoms with E-state index in [1.807, 2.05) is 0 Å². The molecule has 1 atom stereocenters. The molecule has 6 heteroatoms. The normalized spacial score (nSPS) is 12.3. The number of anilines is 1. The zero-order valence-electron chi connectivity index (χ0n) is 10.4. The summed E-state index contributed by atoms with van der Waals surface area (Å²) < 4.78 is 39.6. The summed E-state index contributed by atoms with van der Waals surface area (Å²) in [4.78, 5) is 0. The molecular formula is C14H10Cl2F3N. The molecule has 0 bridgehead atoms. The monoisotopic (exact) mass is 319 g/mol. The van der Waals surface area contributed by atoms with E-state index >= 15 is 0 Å². The zero-order chi connectivity index (χ0) is 14.9. The molecule has 2 aromatic carbocycles. The first-order valence-corrected chi connectivity index (χ1v) is 6.50. The first kappa shape index (κ1) is 15.0. The minimum Gasteiger partial charge on any atom is -0.376 e. The lowest BCUT2D eigenvalue weighted by molar-refractivity contribution is 0.566. The van der Waals surface area contributed by atoms with Crippen molar-refractivity contribution in [3.63, 3.8) is 0 Å². The minimum atomic E-state index is -0.681. The summed E-state index contributed by atoms with van der Waals surface area (Å²) in [6, 6.07) is 4.96. The van der Waals surface area contributed by atoms with E-state index in [2.05, 4.69) is 5.32 Å². The molecule has 1 unspecified atom stereocenters. The van der Waals surface area contributed by atoms with E-state index in [1.54, 1.807) is 6.92 Å². The van der Waals surface area contributed by atoms with Crippen molar-refractivity contribution in [1.82, 2.24) is 0 Å². The molecule has 0 fully saturated rings. The second-order valence-electron chi connectivity index (χ2n) is 4.28. The van der Waals surface area contributed by atoms with Crippen molar-refractivity contribution in [1.29, 1.82) is 0 Å². The van der Waals surface area contributed by atoms with Gasteiger partial charge in [-0.3, -0.25) is 0 Å². The molecule has 2 aromatic rings. The molecule has 0 heterocycles. The lowest BCUT2D eigenvalue weighted by Gasteiger charge is -2.18. The Morgan fingerprint density at radius 2 is 1.55 bits per heavy atom. The summed E-state index contributed by atoms with van der Waals surface area (Å²) in [6.07, 6.45) is 0. The largest absolute Gasteiger partial charge is 0.376 e. The van der Waals surface area contributed by atoms with E-state index in [-0.39, 0.29) is 15.6 Å². The van der Waals surface area contributed by atoms with Crippen molar-refractivity contribution >= 4 is 28.9 Å². The fourth-order valence-corrected chi connectivity index (χ4v) is 2.40. The maximum absolute atomic E-state index is 13.7. The van der Waals surface area contributed by atoms with Crippen molar-refractivity contribution < 1.29 is 13.2 Å². The lowest BCUT2D eigenvalue weighted by atomic mass is 10.1. The average Bonchev–Trinajstić information content (AvgIpc) is 2.33. The molecule has 0 amide bonds. The second-order valence-corrected chi connectivity index (χ2v) is 5.09. The van der Waals surface area contributed by atoms with Gasteiger partial charge >= 0.3 is 0 Å². The summed E-state index contributed by atoms with van der Waals surface area (Å²) in [5, 5.41) is 3.06. The Hall–Kier alpha value is -1.39. The number of nitrogens with one attached hydrogen (secondary N) is 1. The molecule has 20 heavy (non-hydrogen) atoms. The van der Waals surface area contributed by atoms with Crippen LogP contribution >= 0.6 is 23.2 Å². The number of halogens is 5. The molecule has 1 N–H and O–H groups in total. The van der Waals surface area contributed by atoms with Crippen LogP contribution in [0.1, 0.15) is 18.5 Å². The zero-order valence-corrected chi connectivity index (χ0v) is 11.9. The third-order valence-corrected chi connectivity index (χ3v) is 3.39. The summed E-state index contributed by atoms with van der Waals surface area (Å²) in [7, 11) is 0. The van der Waals surface area contributed by atoms with Crippen LogP contribution in [0.4, 0.5) is 18.9 Å². The topological polar surface area (TPSA) is 12.0 Å². The van der Waals surface area contributed by atoms with Gasteiger partial charge in [0.1, 0.15) is 17.5 Å². The van der Waals surface area contributed by atoms with E-state index < -0.39 is 23.5 Å². The molecule has 0 aromatic heterocycles. The highest BCUT2D eigenvalue weighted by atomic mass is 35.5. The van der Waals surface area contributed by atoms with Crippen LogP contribution in [-0.2, 0) is 0 Å². The van der Waals surface area contributed by atoms with Gasteiger partial charge in [0.25, 0.3) is 0 Å². The molecule has 0 aliphatic rings. The van der Waals surface area contributed by atoms with Crippen molar-refractivity contribution in [2.45, 2.75) is 13.0 Å². The van der Waals surface area contributed by atoms with Gasteiger partial charge in [-0.05, 0) is 25.1 Å². The van der Waals surface area contributed by atoms with Crippen molar-refractivity contribution in [2.75, 3.05) is 5.32 Å². The molecule has 1 nitrogen and oxygen atoms in total. The van der Waals surface area contributed by atoms with Crippen LogP contribution in [0.2, 0.25) is 10.0 Å². The molecule has 0 spiro atoms. The Kier molecular flexibility index (Phi) is 4.45. The molecule has 0 aliphatic heterocycles. The third-order valence-electron chi connectivity index (χ3n) is 2.80. The van der Waals surface area contributed by atoms with E-state index in [4.69, 9.17) is 23.2 Å². The van der Waals surface area contributed by atoms with Gasteiger partial charge in [-0.25, -0.2) is 13.2 Å². The predicted molar refractivity (Wildman–Crippen MR) is 74.8 cm³/mol. The Bertz CT molecular complexity index is 623. The van der Waals surface area contributed by atoms with Gasteiger partial charge in [0.15, 0.2) is 0 Å². The van der Waals surface area contributed by atoms with Gasteiger partial charge < -0.3 is 5.32 Å². The van der Waals surface area contributed by atoms with Gasteiger partial charge in [-0.15, -0.1) is 0 Å². The third kappa shape index (κ3) is 3.19. The highest BCUT2D eigenvalue weighted by Crippen LogP contribution is 2.34. The van der Waals surface area contributed by atoms with Gasteiger partial charge in [0.05, 0.1) is 21.8 Å². The maximum atomic E-state index is 13.7. The molecule has 2 rings (SSSR count). The van der Waals surface area contributed by atoms with Gasteiger partial charge in [-0.2, -0.15) is 0 Å². The van der Waals surface area contributed by atoms with Crippen LogP contribution in [0.5, 0.6) is 0 Å². The maximum Gasteiger partial charge on any atom is 0.131 e. The Balaban J connectivity index is 2.30. The smallest absolute Gasteiger partial charge is 0.131 e. The first-order chi connectivity index (χ1) is 9.38. The van der Waals surface area contributed by atoms with E-state index in [1.165, 1.54) is 6.07 Å². The Labute approximate surface area is 124 Å². The quantitative estimate of drug-likeness (QED) is 0.778. The summed E-state index contributed by atoms with van der Waals surface area (Å²) >= 11 is 11.8. The number of rotatable bonds is 3.